The molecule has 106 valence electrons. The minimum Gasteiger partial charge on any atom is -0.391 e. The Morgan fingerprint density at radius 1 is 1.32 bits per heavy atom. The van der Waals surface area contributed by atoms with E-state index in [1.807, 2.05) is 4.90 Å². The van der Waals surface area contributed by atoms with Gasteiger partial charge in [0.25, 0.3) is 5.91 Å². The number of nitrogens with zero attached hydrogens (tertiary/aromatic N) is 2. The average molecular weight is 285 g/mol. The van der Waals surface area contributed by atoms with Crippen LogP contribution in [0, 0.1) is 0 Å². The summed E-state index contributed by atoms with van der Waals surface area (Å²) in [5, 5.41) is 8.94. The monoisotopic (exact) mass is 284 g/mol. The second-order valence-electron chi connectivity index (χ2n) is 5.54. The van der Waals surface area contributed by atoms with E-state index in [4.69, 9.17) is 16.7 Å². The van der Waals surface area contributed by atoms with Gasteiger partial charge in [-0.15, -0.1) is 0 Å². The zero-order valence-corrected chi connectivity index (χ0v) is 12.4. The van der Waals surface area contributed by atoms with Crippen molar-refractivity contribution < 1.29 is 9.90 Å². The predicted octanol–water partition coefficient (Wildman–Crippen LogP) is 2.75. The summed E-state index contributed by atoms with van der Waals surface area (Å²) in [5.41, 5.74) is 0.122. The topological polar surface area (TPSA) is 53.4 Å². The largest absolute Gasteiger partial charge is 0.391 e. The van der Waals surface area contributed by atoms with Crippen molar-refractivity contribution in [3.05, 3.63) is 29.0 Å². The third kappa shape index (κ3) is 6.55. The molecule has 1 fully saturated rings. The summed E-state index contributed by atoms with van der Waals surface area (Å²) in [6.07, 6.45) is 3.74. The van der Waals surface area contributed by atoms with Gasteiger partial charge in [-0.2, -0.15) is 0 Å². The van der Waals surface area contributed by atoms with Crippen LogP contribution >= 0.6 is 11.6 Å². The van der Waals surface area contributed by atoms with Crippen LogP contribution in [0.2, 0.25) is 5.15 Å². The van der Waals surface area contributed by atoms with Crippen molar-refractivity contribution in [1.29, 1.82) is 0 Å². The van der Waals surface area contributed by atoms with E-state index in [1.54, 1.807) is 32.9 Å². The Morgan fingerprint density at radius 3 is 2.26 bits per heavy atom. The Kier molecular flexibility index (Phi) is 5.76. The molecule has 1 aromatic heterocycles. The Labute approximate surface area is 119 Å². The van der Waals surface area contributed by atoms with Crippen molar-refractivity contribution in [2.24, 2.45) is 0 Å². The molecular weight excluding hydrogens is 264 g/mol. The molecule has 0 unspecified atom stereocenters. The molecule has 1 saturated heterocycles. The van der Waals surface area contributed by atoms with Gasteiger partial charge < -0.3 is 10.0 Å². The maximum Gasteiger partial charge on any atom is 0.255 e. The van der Waals surface area contributed by atoms with E-state index in [9.17, 15) is 4.79 Å². The highest BCUT2D eigenvalue weighted by Gasteiger charge is 2.19. The molecule has 0 saturated carbocycles. The number of halogens is 1. The van der Waals surface area contributed by atoms with Gasteiger partial charge in [0.05, 0.1) is 11.2 Å². The first kappa shape index (κ1) is 15.9. The van der Waals surface area contributed by atoms with Crippen LogP contribution < -0.4 is 0 Å². The van der Waals surface area contributed by atoms with E-state index in [1.165, 1.54) is 6.20 Å². The zero-order chi connectivity index (χ0) is 14.5. The Bertz CT molecular complexity index is 400. The van der Waals surface area contributed by atoms with Crippen LogP contribution in [0.1, 0.15) is 44.0 Å². The number of rotatable bonds is 1. The fraction of sp³-hybridized carbons (Fsp3) is 0.571. The molecule has 1 aliphatic heterocycles. The molecule has 0 aromatic carbocycles. The molecule has 1 N–H and O–H groups in total. The fourth-order valence-corrected chi connectivity index (χ4v) is 1.72. The predicted molar refractivity (Wildman–Crippen MR) is 76.4 cm³/mol. The first-order chi connectivity index (χ1) is 8.77. The molecule has 0 bridgehead atoms. The van der Waals surface area contributed by atoms with Crippen molar-refractivity contribution in [1.82, 2.24) is 9.88 Å². The molecule has 0 radical (unpaired) electrons. The summed E-state index contributed by atoms with van der Waals surface area (Å²) in [5.74, 6) is 0.0617. The van der Waals surface area contributed by atoms with E-state index in [2.05, 4.69) is 4.98 Å². The Morgan fingerprint density at radius 2 is 1.84 bits per heavy atom. The van der Waals surface area contributed by atoms with Crippen molar-refractivity contribution in [3.8, 4) is 0 Å². The van der Waals surface area contributed by atoms with Gasteiger partial charge in [-0.3, -0.25) is 4.79 Å². The number of aromatic nitrogens is 1. The van der Waals surface area contributed by atoms with Crippen molar-refractivity contribution >= 4 is 17.5 Å². The van der Waals surface area contributed by atoms with Gasteiger partial charge in [-0.05, 0) is 45.7 Å². The van der Waals surface area contributed by atoms with Crippen LogP contribution in [0.25, 0.3) is 0 Å². The summed E-state index contributed by atoms with van der Waals surface area (Å²) in [6.45, 7) is 6.95. The van der Waals surface area contributed by atoms with E-state index in [0.717, 1.165) is 25.9 Å². The molecule has 0 atom stereocenters. The minimum atomic E-state index is -0.500. The van der Waals surface area contributed by atoms with Crippen LogP contribution in [0.15, 0.2) is 18.3 Å². The van der Waals surface area contributed by atoms with Gasteiger partial charge >= 0.3 is 0 Å². The van der Waals surface area contributed by atoms with Crippen molar-refractivity contribution in [2.75, 3.05) is 13.1 Å². The van der Waals surface area contributed by atoms with Gasteiger partial charge in [-0.25, -0.2) is 4.98 Å². The molecule has 4 nitrogen and oxygen atoms in total. The van der Waals surface area contributed by atoms with Gasteiger partial charge in [0, 0.05) is 19.3 Å². The lowest BCUT2D eigenvalue weighted by Crippen LogP contribution is -2.27. The number of carbonyl (C=O) groups is 1. The van der Waals surface area contributed by atoms with Crippen LogP contribution in [0.5, 0.6) is 0 Å². The van der Waals surface area contributed by atoms with Crippen LogP contribution in [0.4, 0.5) is 0 Å². The lowest BCUT2D eigenvalue weighted by Gasteiger charge is -2.14. The van der Waals surface area contributed by atoms with Gasteiger partial charge in [0.1, 0.15) is 5.15 Å². The lowest BCUT2D eigenvalue weighted by atomic mass is 10.2. The third-order valence-electron chi connectivity index (χ3n) is 2.37. The summed E-state index contributed by atoms with van der Waals surface area (Å²) in [4.78, 5) is 17.5. The number of amides is 1. The van der Waals surface area contributed by atoms with Crippen molar-refractivity contribution in [3.63, 3.8) is 0 Å². The normalized spacial score (nSPS) is 14.9. The second kappa shape index (κ2) is 6.87. The van der Waals surface area contributed by atoms with E-state index >= 15 is 0 Å². The number of pyridine rings is 1. The highest BCUT2D eigenvalue weighted by Crippen LogP contribution is 2.13. The highest BCUT2D eigenvalue weighted by molar-refractivity contribution is 6.29. The zero-order valence-electron chi connectivity index (χ0n) is 11.7. The smallest absolute Gasteiger partial charge is 0.255 e. The van der Waals surface area contributed by atoms with Gasteiger partial charge in [0.15, 0.2) is 0 Å². The Hall–Kier alpha value is -1.13. The van der Waals surface area contributed by atoms with Gasteiger partial charge in [-0.1, -0.05) is 11.6 Å². The maximum atomic E-state index is 11.8. The summed E-state index contributed by atoms with van der Waals surface area (Å²) < 4.78 is 0. The van der Waals surface area contributed by atoms with E-state index in [0.29, 0.717) is 10.7 Å². The Balaban J connectivity index is 0.000000312. The van der Waals surface area contributed by atoms with E-state index in [-0.39, 0.29) is 5.91 Å². The molecule has 0 aliphatic carbocycles. The fourth-order valence-electron chi connectivity index (χ4n) is 1.61. The summed E-state index contributed by atoms with van der Waals surface area (Å²) in [7, 11) is 0. The molecule has 2 heterocycles. The quantitative estimate of drug-likeness (QED) is 0.807. The maximum absolute atomic E-state index is 11.8. The molecule has 5 heteroatoms. The summed E-state index contributed by atoms with van der Waals surface area (Å²) in [6, 6.07) is 3.36. The summed E-state index contributed by atoms with van der Waals surface area (Å²) >= 11 is 5.64. The van der Waals surface area contributed by atoms with E-state index < -0.39 is 5.60 Å². The van der Waals surface area contributed by atoms with Crippen molar-refractivity contribution in [2.45, 2.75) is 39.2 Å². The lowest BCUT2D eigenvalue weighted by molar-refractivity contribution is 0.0792. The molecule has 1 amide bonds. The first-order valence-electron chi connectivity index (χ1n) is 6.40. The van der Waals surface area contributed by atoms with Crippen LogP contribution in [-0.2, 0) is 0 Å². The molecule has 1 aliphatic rings. The molecule has 1 aromatic rings. The third-order valence-corrected chi connectivity index (χ3v) is 2.59. The van der Waals surface area contributed by atoms with Gasteiger partial charge in [0.2, 0.25) is 0 Å². The number of likely N-dealkylation sites (tertiary alicyclic amines) is 1. The highest BCUT2D eigenvalue weighted by atomic mass is 35.5. The molecule has 19 heavy (non-hydrogen) atoms. The number of hydrogen-bond acceptors (Lipinski definition) is 3. The van der Waals surface area contributed by atoms with Crippen LogP contribution in [-0.4, -0.2) is 39.6 Å². The molecule has 0 spiro atoms. The molecular formula is C14H21ClN2O2. The standard InChI is InChI=1S/C10H11ClN2O.C4H10O/c11-9-4-3-8(7-12-9)10(14)13-5-1-2-6-13;1-4(2,3)5/h3-4,7H,1-2,5-6H2;5H,1-3H3. The SMILES string of the molecule is CC(C)(C)O.O=C(c1ccc(Cl)nc1)N1CCCC1. The minimum absolute atomic E-state index is 0.0617. The average Bonchev–Trinajstić information content (AvgIpc) is 2.80. The van der Waals surface area contributed by atoms with Crippen LogP contribution in [0.3, 0.4) is 0 Å². The number of aliphatic hydroxyl groups is 1. The number of carbonyl (C=O) groups excluding carboxylic acids is 1. The molecule has 2 rings (SSSR count). The first-order valence-corrected chi connectivity index (χ1v) is 6.78. The number of hydrogen-bond donors (Lipinski definition) is 1. The second-order valence-corrected chi connectivity index (χ2v) is 5.93.